The summed E-state index contributed by atoms with van der Waals surface area (Å²) in [5, 5.41) is 12.4. The summed E-state index contributed by atoms with van der Waals surface area (Å²) in [7, 11) is -0.659. The molecule has 2 aliphatic heterocycles. The number of halogens is 2. The van der Waals surface area contributed by atoms with E-state index < -0.39 is 19.1 Å². The summed E-state index contributed by atoms with van der Waals surface area (Å²) in [6.07, 6.45) is 3.63. The highest BCUT2D eigenvalue weighted by atomic mass is 35.7. The Morgan fingerprint density at radius 2 is 1.16 bits per heavy atom. The molecule has 18 heteroatoms. The number of sulfonamides is 1. The highest BCUT2D eigenvalue weighted by Crippen LogP contribution is 2.36. The van der Waals surface area contributed by atoms with Crippen molar-refractivity contribution in [2.45, 2.75) is 74.9 Å². The van der Waals surface area contributed by atoms with Crippen molar-refractivity contribution in [3.05, 3.63) is 149 Å². The molecule has 2 N–H and O–H groups in total. The number of imidazole rings is 2. The molecule has 0 radical (unpaired) electrons. The van der Waals surface area contributed by atoms with Crippen LogP contribution in [0.15, 0.2) is 131 Å². The van der Waals surface area contributed by atoms with Crippen LogP contribution in [-0.4, -0.2) is 88.6 Å². The largest absolute Gasteiger partial charge is 0.496 e. The standard InChI is InChI=1S/C26H28N4O3S.C18H20N4.C7H6Cl2O3S/c1-18-17-22(10-12-24(18)33-3)34(31,32)29-15-13-21(14-16-29)30-25(20-7-5-4-6-8-20)28-23-11-9-19(2)27-26(23)30;1-13-7-8-16-18(20-13)22(15-9-11-19-12-10-15)17(21-16)14-5-3-2-4-6-14;8-7-3-6(13(9,11)12)2-1-5(7)4-10/h4-12,17,21H,13-16H2,1-3H3;2-8,15,19H,9-12H2,1H3;1-3,10H,4H2. The second kappa shape index (κ2) is 21.5. The highest BCUT2D eigenvalue weighted by Gasteiger charge is 2.32. The maximum Gasteiger partial charge on any atom is 0.261 e. The van der Waals surface area contributed by atoms with Gasteiger partial charge in [-0.25, -0.2) is 36.8 Å². The molecule has 2 saturated heterocycles. The summed E-state index contributed by atoms with van der Waals surface area (Å²) in [5.74, 6) is 2.60. The summed E-state index contributed by atoms with van der Waals surface area (Å²) in [5.41, 5.74) is 9.15. The van der Waals surface area contributed by atoms with Crippen molar-refractivity contribution in [3.63, 3.8) is 0 Å². The van der Waals surface area contributed by atoms with Gasteiger partial charge < -0.3 is 24.3 Å². The molecular weight excluding hydrogens is 956 g/mol. The highest BCUT2D eigenvalue weighted by molar-refractivity contribution is 8.13. The predicted molar refractivity (Wildman–Crippen MR) is 272 cm³/mol. The van der Waals surface area contributed by atoms with Crippen LogP contribution in [0.1, 0.15) is 60.3 Å². The molecule has 10 rings (SSSR count). The number of hydrogen-bond acceptors (Lipinski definition) is 11. The fourth-order valence-corrected chi connectivity index (χ4v) is 11.4. The Kier molecular flexibility index (Phi) is 15.5. The summed E-state index contributed by atoms with van der Waals surface area (Å²) >= 11 is 5.65. The van der Waals surface area contributed by atoms with E-state index in [2.05, 4.69) is 56.9 Å². The third-order valence-electron chi connectivity index (χ3n) is 12.4. The van der Waals surface area contributed by atoms with Crippen molar-refractivity contribution in [2.24, 2.45) is 0 Å². The molecule has 8 aromatic rings. The lowest BCUT2D eigenvalue weighted by Crippen LogP contribution is -2.39. The zero-order valence-electron chi connectivity index (χ0n) is 38.8. The number of nitrogens with zero attached hydrogens (tertiary/aromatic N) is 7. The van der Waals surface area contributed by atoms with Crippen molar-refractivity contribution in [3.8, 4) is 28.5 Å². The van der Waals surface area contributed by atoms with E-state index in [-0.39, 0.29) is 22.6 Å². The quantitative estimate of drug-likeness (QED) is 0.132. The predicted octanol–water partition coefficient (Wildman–Crippen LogP) is 9.84. The number of benzene rings is 4. The topological polar surface area (TPSA) is 174 Å². The Morgan fingerprint density at radius 3 is 1.62 bits per heavy atom. The van der Waals surface area contributed by atoms with Crippen LogP contribution in [0, 0.1) is 20.8 Å². The number of aliphatic hydroxyl groups excluding tert-OH is 1. The molecule has 4 aromatic heterocycles. The van der Waals surface area contributed by atoms with Gasteiger partial charge in [-0.15, -0.1) is 0 Å². The second-order valence-corrected chi connectivity index (χ2v) is 21.9. The summed E-state index contributed by atoms with van der Waals surface area (Å²) < 4.78 is 59.8. The third-order valence-corrected chi connectivity index (χ3v) is 16.0. The molecule has 0 saturated carbocycles. The van der Waals surface area contributed by atoms with Gasteiger partial charge in [0, 0.05) is 63.4 Å². The maximum absolute atomic E-state index is 13.3. The minimum absolute atomic E-state index is 0.0728. The van der Waals surface area contributed by atoms with Crippen molar-refractivity contribution >= 4 is 63.7 Å². The van der Waals surface area contributed by atoms with Crippen LogP contribution in [0.2, 0.25) is 5.02 Å². The van der Waals surface area contributed by atoms with E-state index in [4.69, 9.17) is 52.1 Å². The van der Waals surface area contributed by atoms with Crippen LogP contribution in [-0.2, 0) is 25.7 Å². The molecule has 2 fully saturated rings. The maximum atomic E-state index is 13.3. The first-order chi connectivity index (χ1) is 33.2. The molecule has 0 unspecified atom stereocenters. The number of pyridine rings is 2. The molecule has 0 amide bonds. The lowest BCUT2D eigenvalue weighted by atomic mass is 10.1. The number of nitrogens with one attached hydrogen (secondary N) is 1. The van der Waals surface area contributed by atoms with Crippen molar-refractivity contribution < 1.29 is 26.7 Å². The number of piperidine rings is 2. The van der Waals surface area contributed by atoms with E-state index in [0.717, 1.165) is 88.0 Å². The Labute approximate surface area is 412 Å². The lowest BCUT2D eigenvalue weighted by molar-refractivity contribution is 0.278. The first kappa shape index (κ1) is 49.7. The van der Waals surface area contributed by atoms with Gasteiger partial charge in [-0.3, -0.25) is 0 Å². The van der Waals surface area contributed by atoms with Crippen LogP contribution in [0.25, 0.3) is 45.1 Å². The average Bonchev–Trinajstić information content (AvgIpc) is 3.93. The Morgan fingerprint density at radius 1 is 0.652 bits per heavy atom. The van der Waals surface area contributed by atoms with Gasteiger partial charge in [-0.2, -0.15) is 4.31 Å². The molecule has 0 spiro atoms. The number of aryl methyl sites for hydroxylation is 3. The molecule has 4 aromatic carbocycles. The van der Waals surface area contributed by atoms with Gasteiger partial charge in [0.05, 0.1) is 23.5 Å². The number of hydrogen-bond donors (Lipinski definition) is 2. The summed E-state index contributed by atoms with van der Waals surface area (Å²) in [6, 6.07) is 38.2. The molecule has 2 aliphatic rings. The molecule has 0 atom stereocenters. The fourth-order valence-electron chi connectivity index (χ4n) is 8.78. The zero-order chi connectivity index (χ0) is 48.9. The number of aromatic nitrogens is 6. The van der Waals surface area contributed by atoms with Crippen LogP contribution in [0.3, 0.4) is 0 Å². The SMILES string of the molecule is COc1ccc(S(=O)(=O)N2CCC(n3c(-c4ccccc4)nc4ccc(C)nc43)CC2)cc1C.Cc1ccc2nc(-c3ccccc3)n(C3CCNCC3)c2n1.O=S(=O)(Cl)c1ccc(CO)c(Cl)c1. The number of fused-ring (bicyclic) bond motifs is 2. The first-order valence-electron chi connectivity index (χ1n) is 22.7. The smallest absolute Gasteiger partial charge is 0.261 e. The fraction of sp³-hybridized carbons (Fsp3) is 0.294. The van der Waals surface area contributed by atoms with Gasteiger partial charge >= 0.3 is 0 Å². The van der Waals surface area contributed by atoms with Crippen molar-refractivity contribution in [2.75, 3.05) is 33.3 Å². The third kappa shape index (κ3) is 11.2. The molecule has 360 valence electrons. The number of methoxy groups -OCH3 is 1. The number of aliphatic hydroxyl groups is 1. The minimum atomic E-state index is -3.74. The van der Waals surface area contributed by atoms with E-state index in [1.165, 1.54) is 18.2 Å². The number of ether oxygens (including phenoxy) is 1. The second-order valence-electron chi connectivity index (χ2n) is 17.0. The van der Waals surface area contributed by atoms with Crippen LogP contribution in [0.5, 0.6) is 5.75 Å². The van der Waals surface area contributed by atoms with Gasteiger partial charge in [0.1, 0.15) is 28.4 Å². The van der Waals surface area contributed by atoms with E-state index in [1.54, 1.807) is 29.6 Å². The van der Waals surface area contributed by atoms with Gasteiger partial charge in [0.2, 0.25) is 10.0 Å². The van der Waals surface area contributed by atoms with E-state index in [0.29, 0.717) is 48.2 Å². The minimum Gasteiger partial charge on any atom is -0.496 e. The Balaban J connectivity index is 0.000000156. The molecule has 14 nitrogen and oxygen atoms in total. The van der Waals surface area contributed by atoms with Crippen LogP contribution in [0.4, 0.5) is 0 Å². The number of rotatable bonds is 9. The van der Waals surface area contributed by atoms with E-state index in [1.807, 2.05) is 63.2 Å². The van der Waals surface area contributed by atoms with Gasteiger partial charge in [0.15, 0.2) is 11.3 Å². The van der Waals surface area contributed by atoms with Gasteiger partial charge in [0.25, 0.3) is 9.05 Å². The molecule has 0 bridgehead atoms. The zero-order valence-corrected chi connectivity index (χ0v) is 41.9. The summed E-state index contributed by atoms with van der Waals surface area (Å²) in [6.45, 7) is 8.65. The molecule has 0 aliphatic carbocycles. The van der Waals surface area contributed by atoms with Crippen LogP contribution >= 0.6 is 22.3 Å². The van der Waals surface area contributed by atoms with E-state index >= 15 is 0 Å². The Bertz CT molecular complexity index is 3300. The van der Waals surface area contributed by atoms with Gasteiger partial charge in [-0.05, 0) is 125 Å². The Hall–Kier alpha value is -5.72. The summed E-state index contributed by atoms with van der Waals surface area (Å²) in [4.78, 5) is 19.6. The van der Waals surface area contributed by atoms with E-state index in [9.17, 15) is 16.8 Å². The molecular formula is C51H54Cl2N8O6S2. The molecule has 69 heavy (non-hydrogen) atoms. The van der Waals surface area contributed by atoms with Gasteiger partial charge in [-0.1, -0.05) is 78.3 Å². The molecule has 6 heterocycles. The monoisotopic (exact) mass is 1010 g/mol. The first-order valence-corrected chi connectivity index (χ1v) is 26.8. The lowest BCUT2D eigenvalue weighted by Gasteiger charge is -2.32. The van der Waals surface area contributed by atoms with Crippen molar-refractivity contribution in [1.82, 2.24) is 38.7 Å². The van der Waals surface area contributed by atoms with Crippen LogP contribution < -0.4 is 10.1 Å². The van der Waals surface area contributed by atoms with Crippen molar-refractivity contribution in [1.29, 1.82) is 0 Å². The normalized spacial score (nSPS) is 15.1. The average molecular weight is 1010 g/mol.